The molecule has 142 valence electrons. The summed E-state index contributed by atoms with van der Waals surface area (Å²) in [7, 11) is 0. The Kier molecular flexibility index (Phi) is 7.37. The molecular weight excluding hydrogens is 343 g/mol. The van der Waals surface area contributed by atoms with Crippen LogP contribution in [0.15, 0.2) is 24.3 Å². The number of hydrogen-bond donors (Lipinski definition) is 2. The molecule has 1 aromatic rings. The zero-order valence-electron chi connectivity index (χ0n) is 14.6. The Labute approximate surface area is 151 Å². The number of amides is 3. The Morgan fingerprint density at radius 2 is 1.81 bits per heavy atom. The number of carbonyl (C=O) groups is 3. The van der Waals surface area contributed by atoms with Gasteiger partial charge in [-0.1, -0.05) is 19.8 Å². The molecule has 0 saturated heterocycles. The SMILES string of the molecule is C[C@H]1CCCC[C@H]1NC(=O)NC(=O)COC(=O)COc1ccc(F)cc1. The first-order chi connectivity index (χ1) is 12.4. The van der Waals surface area contributed by atoms with Crippen molar-refractivity contribution in [2.24, 2.45) is 5.92 Å². The third-order valence-electron chi connectivity index (χ3n) is 4.22. The predicted molar refractivity (Wildman–Crippen MR) is 90.9 cm³/mol. The number of hydrogen-bond acceptors (Lipinski definition) is 5. The lowest BCUT2D eigenvalue weighted by molar-refractivity contribution is -0.150. The lowest BCUT2D eigenvalue weighted by Gasteiger charge is -2.29. The smallest absolute Gasteiger partial charge is 0.344 e. The molecule has 2 N–H and O–H groups in total. The number of urea groups is 1. The maximum Gasteiger partial charge on any atom is 0.344 e. The van der Waals surface area contributed by atoms with E-state index < -0.39 is 36.9 Å². The fraction of sp³-hybridized carbons (Fsp3) is 0.500. The molecule has 0 aromatic heterocycles. The number of halogens is 1. The van der Waals surface area contributed by atoms with Crippen LogP contribution in [-0.2, 0) is 14.3 Å². The van der Waals surface area contributed by atoms with E-state index in [1.807, 2.05) is 0 Å². The Balaban J connectivity index is 1.63. The van der Waals surface area contributed by atoms with E-state index in [0.29, 0.717) is 11.7 Å². The van der Waals surface area contributed by atoms with Gasteiger partial charge in [0, 0.05) is 6.04 Å². The predicted octanol–water partition coefficient (Wildman–Crippen LogP) is 2.15. The number of nitrogens with one attached hydrogen (secondary N) is 2. The molecule has 2 atom stereocenters. The van der Waals surface area contributed by atoms with Crippen LogP contribution in [0.5, 0.6) is 5.75 Å². The number of benzene rings is 1. The molecular formula is C18H23FN2O5. The molecule has 0 heterocycles. The van der Waals surface area contributed by atoms with E-state index in [-0.39, 0.29) is 6.04 Å². The zero-order valence-corrected chi connectivity index (χ0v) is 14.6. The molecule has 0 radical (unpaired) electrons. The second-order valence-corrected chi connectivity index (χ2v) is 6.29. The number of ether oxygens (including phenoxy) is 2. The molecule has 0 aliphatic heterocycles. The van der Waals surface area contributed by atoms with Crippen LogP contribution in [0.2, 0.25) is 0 Å². The zero-order chi connectivity index (χ0) is 18.9. The van der Waals surface area contributed by atoms with Gasteiger partial charge in [-0.2, -0.15) is 0 Å². The lowest BCUT2D eigenvalue weighted by atomic mass is 9.86. The molecule has 8 heteroatoms. The molecule has 26 heavy (non-hydrogen) atoms. The summed E-state index contributed by atoms with van der Waals surface area (Å²) in [6.07, 6.45) is 4.13. The van der Waals surface area contributed by atoms with Crippen LogP contribution in [0.4, 0.5) is 9.18 Å². The van der Waals surface area contributed by atoms with Crippen LogP contribution in [-0.4, -0.2) is 37.2 Å². The molecule has 0 bridgehead atoms. The first kappa shape index (κ1) is 19.7. The topological polar surface area (TPSA) is 93.7 Å². The van der Waals surface area contributed by atoms with Crippen molar-refractivity contribution in [3.05, 3.63) is 30.1 Å². The van der Waals surface area contributed by atoms with Crippen molar-refractivity contribution in [2.75, 3.05) is 13.2 Å². The average molecular weight is 366 g/mol. The van der Waals surface area contributed by atoms with E-state index >= 15 is 0 Å². The van der Waals surface area contributed by atoms with Gasteiger partial charge in [-0.15, -0.1) is 0 Å². The minimum atomic E-state index is -0.772. The highest BCUT2D eigenvalue weighted by Crippen LogP contribution is 2.23. The molecule has 0 unspecified atom stereocenters. The average Bonchev–Trinajstić information content (AvgIpc) is 2.61. The maximum atomic E-state index is 12.7. The molecule has 1 saturated carbocycles. The first-order valence-corrected chi connectivity index (χ1v) is 8.58. The number of imide groups is 1. The second kappa shape index (κ2) is 9.74. The molecule has 7 nitrogen and oxygen atoms in total. The largest absolute Gasteiger partial charge is 0.482 e. The minimum absolute atomic E-state index is 0.0446. The van der Waals surface area contributed by atoms with E-state index in [0.717, 1.165) is 25.7 Å². The Morgan fingerprint density at radius 3 is 2.50 bits per heavy atom. The van der Waals surface area contributed by atoms with Gasteiger partial charge in [-0.25, -0.2) is 14.0 Å². The molecule has 2 rings (SSSR count). The van der Waals surface area contributed by atoms with E-state index in [2.05, 4.69) is 17.6 Å². The van der Waals surface area contributed by atoms with Crippen molar-refractivity contribution in [1.29, 1.82) is 0 Å². The molecule has 1 aromatic carbocycles. The Bertz CT molecular complexity index is 635. The number of rotatable bonds is 6. The van der Waals surface area contributed by atoms with Gasteiger partial charge >= 0.3 is 12.0 Å². The normalized spacial score (nSPS) is 19.3. The van der Waals surface area contributed by atoms with Crippen molar-refractivity contribution in [3.63, 3.8) is 0 Å². The van der Waals surface area contributed by atoms with Gasteiger partial charge in [-0.05, 0) is 43.0 Å². The summed E-state index contributed by atoms with van der Waals surface area (Å²) in [4.78, 5) is 35.0. The second-order valence-electron chi connectivity index (χ2n) is 6.29. The van der Waals surface area contributed by atoms with E-state index in [4.69, 9.17) is 9.47 Å². The molecule has 3 amide bonds. The fourth-order valence-corrected chi connectivity index (χ4v) is 2.76. The van der Waals surface area contributed by atoms with Crippen molar-refractivity contribution in [1.82, 2.24) is 10.6 Å². The first-order valence-electron chi connectivity index (χ1n) is 8.58. The van der Waals surface area contributed by atoms with Crippen LogP contribution in [0.3, 0.4) is 0 Å². The van der Waals surface area contributed by atoms with Crippen molar-refractivity contribution in [2.45, 2.75) is 38.6 Å². The lowest BCUT2D eigenvalue weighted by Crippen LogP contribution is -2.48. The highest BCUT2D eigenvalue weighted by Gasteiger charge is 2.23. The van der Waals surface area contributed by atoms with Crippen LogP contribution in [0.1, 0.15) is 32.6 Å². The van der Waals surface area contributed by atoms with Gasteiger partial charge < -0.3 is 14.8 Å². The van der Waals surface area contributed by atoms with Crippen LogP contribution in [0, 0.1) is 11.7 Å². The van der Waals surface area contributed by atoms with Gasteiger partial charge in [0.25, 0.3) is 5.91 Å². The molecule has 1 aliphatic rings. The maximum absolute atomic E-state index is 12.7. The van der Waals surface area contributed by atoms with Gasteiger partial charge in [0.15, 0.2) is 13.2 Å². The monoisotopic (exact) mass is 366 g/mol. The van der Waals surface area contributed by atoms with Crippen molar-refractivity contribution in [3.8, 4) is 5.75 Å². The van der Waals surface area contributed by atoms with Crippen LogP contribution in [0.25, 0.3) is 0 Å². The summed E-state index contributed by atoms with van der Waals surface area (Å²) in [6.45, 7) is 1.05. The number of esters is 1. The quantitative estimate of drug-likeness (QED) is 0.753. The third-order valence-corrected chi connectivity index (χ3v) is 4.22. The standard InChI is InChI=1S/C18H23FN2O5/c1-12-4-2-3-5-15(12)20-18(24)21-16(22)10-26-17(23)11-25-14-8-6-13(19)7-9-14/h6-9,12,15H,2-5,10-11H2,1H3,(H2,20,21,22,24)/t12-,15+/m0/s1. The Hall–Kier alpha value is -2.64. The molecule has 1 aliphatic carbocycles. The Morgan fingerprint density at radius 1 is 1.12 bits per heavy atom. The summed E-state index contributed by atoms with van der Waals surface area (Å²) < 4.78 is 22.6. The summed E-state index contributed by atoms with van der Waals surface area (Å²) in [5.41, 5.74) is 0. The van der Waals surface area contributed by atoms with Crippen molar-refractivity contribution < 1.29 is 28.2 Å². The minimum Gasteiger partial charge on any atom is -0.482 e. The van der Waals surface area contributed by atoms with Gasteiger partial charge in [0.05, 0.1) is 0 Å². The van der Waals surface area contributed by atoms with Crippen molar-refractivity contribution >= 4 is 17.9 Å². The van der Waals surface area contributed by atoms with E-state index in [1.165, 1.54) is 24.3 Å². The summed E-state index contributed by atoms with van der Waals surface area (Å²) in [5.74, 6) is -1.25. The van der Waals surface area contributed by atoms with Gasteiger partial charge in [0.2, 0.25) is 0 Å². The highest BCUT2D eigenvalue weighted by molar-refractivity contribution is 5.95. The van der Waals surface area contributed by atoms with Gasteiger partial charge in [-0.3, -0.25) is 10.1 Å². The van der Waals surface area contributed by atoms with Gasteiger partial charge in [0.1, 0.15) is 11.6 Å². The third kappa shape index (κ3) is 6.70. The summed E-state index contributed by atoms with van der Waals surface area (Å²) in [5, 5.41) is 4.91. The van der Waals surface area contributed by atoms with Crippen LogP contribution < -0.4 is 15.4 Å². The number of carbonyl (C=O) groups excluding carboxylic acids is 3. The fourth-order valence-electron chi connectivity index (χ4n) is 2.76. The summed E-state index contributed by atoms with van der Waals surface area (Å²) in [6, 6.07) is 4.58. The van der Waals surface area contributed by atoms with Crippen LogP contribution >= 0.6 is 0 Å². The van der Waals surface area contributed by atoms with E-state index in [9.17, 15) is 18.8 Å². The molecule has 0 spiro atoms. The molecule has 1 fully saturated rings. The summed E-state index contributed by atoms with van der Waals surface area (Å²) >= 11 is 0. The van der Waals surface area contributed by atoms with E-state index in [1.54, 1.807) is 0 Å². The highest BCUT2D eigenvalue weighted by atomic mass is 19.1.